The molecule has 2 unspecified atom stereocenters. The lowest BCUT2D eigenvalue weighted by molar-refractivity contribution is -0.125. The first-order valence-electron chi connectivity index (χ1n) is 7.77. The van der Waals surface area contributed by atoms with Crippen molar-refractivity contribution in [2.45, 2.75) is 32.2 Å². The second-order valence-corrected chi connectivity index (χ2v) is 5.77. The molecule has 22 heavy (non-hydrogen) atoms. The van der Waals surface area contributed by atoms with Gasteiger partial charge in [0.25, 0.3) is 0 Å². The van der Waals surface area contributed by atoms with Crippen LogP contribution in [-0.4, -0.2) is 15.5 Å². The van der Waals surface area contributed by atoms with Gasteiger partial charge in [-0.3, -0.25) is 4.79 Å². The molecule has 1 amide bonds. The molecule has 0 fully saturated rings. The van der Waals surface area contributed by atoms with Gasteiger partial charge in [0.15, 0.2) is 0 Å². The van der Waals surface area contributed by atoms with Gasteiger partial charge in [0.2, 0.25) is 5.91 Å². The number of amides is 1. The van der Waals surface area contributed by atoms with Crippen molar-refractivity contribution in [1.82, 2.24) is 14.9 Å². The summed E-state index contributed by atoms with van der Waals surface area (Å²) in [5.41, 5.74) is 2.18. The number of nitrogens with one attached hydrogen (secondary N) is 1. The normalized spacial score (nSPS) is 18.9. The maximum absolute atomic E-state index is 12.3. The van der Waals surface area contributed by atoms with E-state index in [4.69, 9.17) is 0 Å². The molecule has 4 heteroatoms. The van der Waals surface area contributed by atoms with E-state index in [1.54, 1.807) is 12.5 Å². The van der Waals surface area contributed by atoms with Crippen molar-refractivity contribution in [3.05, 3.63) is 60.7 Å². The van der Waals surface area contributed by atoms with Gasteiger partial charge in [-0.1, -0.05) is 24.3 Å². The van der Waals surface area contributed by atoms with E-state index in [-0.39, 0.29) is 17.9 Å². The summed E-state index contributed by atoms with van der Waals surface area (Å²) in [5, 5.41) is 3.13. The molecule has 0 aliphatic heterocycles. The summed E-state index contributed by atoms with van der Waals surface area (Å²) in [6.07, 6.45) is 12.5. The molecule has 3 rings (SSSR count). The van der Waals surface area contributed by atoms with Crippen molar-refractivity contribution in [2.75, 3.05) is 0 Å². The van der Waals surface area contributed by atoms with Crippen LogP contribution in [0.1, 0.15) is 37.8 Å². The molecule has 1 aromatic heterocycles. The maximum Gasteiger partial charge on any atom is 0.223 e. The van der Waals surface area contributed by atoms with E-state index in [0.717, 1.165) is 30.5 Å². The molecule has 2 aromatic rings. The lowest BCUT2D eigenvalue weighted by Crippen LogP contribution is -2.33. The Morgan fingerprint density at radius 1 is 1.32 bits per heavy atom. The zero-order valence-corrected chi connectivity index (χ0v) is 12.8. The predicted molar refractivity (Wildman–Crippen MR) is 86.6 cm³/mol. The number of rotatable bonds is 4. The molecule has 0 spiro atoms. The van der Waals surface area contributed by atoms with Gasteiger partial charge >= 0.3 is 0 Å². The van der Waals surface area contributed by atoms with Crippen molar-refractivity contribution < 1.29 is 4.79 Å². The number of allylic oxidation sites excluding steroid dienone is 2. The largest absolute Gasteiger partial charge is 0.349 e. The Kier molecular flexibility index (Phi) is 4.37. The number of benzene rings is 1. The van der Waals surface area contributed by atoms with E-state index >= 15 is 0 Å². The van der Waals surface area contributed by atoms with Gasteiger partial charge in [0, 0.05) is 24.0 Å². The quantitative estimate of drug-likeness (QED) is 0.879. The van der Waals surface area contributed by atoms with Crippen molar-refractivity contribution in [3.63, 3.8) is 0 Å². The fourth-order valence-electron chi connectivity index (χ4n) is 2.79. The lowest BCUT2D eigenvalue weighted by Gasteiger charge is -2.21. The first-order valence-corrected chi connectivity index (χ1v) is 7.77. The molecule has 1 N–H and O–H groups in total. The van der Waals surface area contributed by atoms with E-state index in [2.05, 4.69) is 34.6 Å². The smallest absolute Gasteiger partial charge is 0.223 e. The average molecular weight is 295 g/mol. The van der Waals surface area contributed by atoms with Crippen LogP contribution in [0.3, 0.4) is 0 Å². The summed E-state index contributed by atoms with van der Waals surface area (Å²) in [5.74, 6) is 0.285. The predicted octanol–water partition coefficient (Wildman–Crippen LogP) is 3.41. The maximum atomic E-state index is 12.3. The molecule has 2 atom stereocenters. The van der Waals surface area contributed by atoms with E-state index in [1.807, 2.05) is 29.8 Å². The van der Waals surface area contributed by atoms with Crippen LogP contribution in [0, 0.1) is 5.92 Å². The van der Waals surface area contributed by atoms with Crippen LogP contribution in [0.25, 0.3) is 5.69 Å². The van der Waals surface area contributed by atoms with Crippen LogP contribution < -0.4 is 5.32 Å². The zero-order chi connectivity index (χ0) is 15.4. The molecule has 4 nitrogen and oxygen atoms in total. The summed E-state index contributed by atoms with van der Waals surface area (Å²) in [6, 6.07) is 8.23. The number of aromatic nitrogens is 2. The van der Waals surface area contributed by atoms with Gasteiger partial charge in [0.1, 0.15) is 0 Å². The fraction of sp³-hybridized carbons (Fsp3) is 0.333. The number of carbonyl (C=O) groups excluding carboxylic acids is 1. The van der Waals surface area contributed by atoms with Crippen LogP contribution >= 0.6 is 0 Å². The standard InChI is InChI=1S/C18H21N3O/c1-14(20-18(22)16-5-3-2-4-6-16)15-7-9-17(10-8-15)21-12-11-19-13-21/h2-3,7-14,16H,4-6H2,1H3,(H,20,22). The van der Waals surface area contributed by atoms with Gasteiger partial charge in [-0.25, -0.2) is 4.98 Å². The minimum Gasteiger partial charge on any atom is -0.349 e. The molecule has 1 aliphatic rings. The number of carbonyl (C=O) groups is 1. The van der Waals surface area contributed by atoms with Crippen LogP contribution in [0.5, 0.6) is 0 Å². The summed E-state index contributed by atoms with van der Waals surface area (Å²) in [6.45, 7) is 2.03. The Bertz CT molecular complexity index is 643. The number of hydrogen-bond donors (Lipinski definition) is 1. The monoisotopic (exact) mass is 295 g/mol. The highest BCUT2D eigenvalue weighted by Gasteiger charge is 2.20. The molecule has 0 radical (unpaired) electrons. The Labute approximate surface area is 130 Å². The lowest BCUT2D eigenvalue weighted by atomic mass is 9.93. The fourth-order valence-corrected chi connectivity index (χ4v) is 2.79. The van der Waals surface area contributed by atoms with Crippen molar-refractivity contribution >= 4 is 5.91 Å². The Morgan fingerprint density at radius 3 is 2.77 bits per heavy atom. The molecular formula is C18H21N3O. The van der Waals surface area contributed by atoms with Gasteiger partial charge in [-0.05, 0) is 43.9 Å². The molecule has 1 aromatic carbocycles. The number of imidazole rings is 1. The second kappa shape index (κ2) is 6.60. The van der Waals surface area contributed by atoms with Crippen molar-refractivity contribution in [3.8, 4) is 5.69 Å². The van der Waals surface area contributed by atoms with Crippen molar-refractivity contribution in [1.29, 1.82) is 0 Å². The van der Waals surface area contributed by atoms with Gasteiger partial charge in [-0.15, -0.1) is 0 Å². The third kappa shape index (κ3) is 3.27. The number of nitrogens with zero attached hydrogens (tertiary/aromatic N) is 2. The Balaban J connectivity index is 1.63. The van der Waals surface area contributed by atoms with Crippen LogP contribution in [0.15, 0.2) is 55.1 Å². The second-order valence-electron chi connectivity index (χ2n) is 5.77. The average Bonchev–Trinajstić information content (AvgIpc) is 3.10. The van der Waals surface area contributed by atoms with Gasteiger partial charge < -0.3 is 9.88 Å². The molecule has 0 bridgehead atoms. The highest BCUT2D eigenvalue weighted by atomic mass is 16.1. The SMILES string of the molecule is CC(NC(=O)C1CC=CCC1)c1ccc(-n2ccnc2)cc1. The van der Waals surface area contributed by atoms with E-state index in [0.29, 0.717) is 0 Å². The van der Waals surface area contributed by atoms with Crippen LogP contribution in [0.2, 0.25) is 0 Å². The minimum absolute atomic E-state index is 0.0234. The summed E-state index contributed by atoms with van der Waals surface area (Å²) in [4.78, 5) is 16.3. The van der Waals surface area contributed by atoms with Gasteiger partial charge in [0.05, 0.1) is 12.4 Å². The van der Waals surface area contributed by atoms with Crippen LogP contribution in [-0.2, 0) is 4.79 Å². The molecule has 1 aliphatic carbocycles. The highest BCUT2D eigenvalue weighted by molar-refractivity contribution is 5.79. The first-order chi connectivity index (χ1) is 10.7. The third-order valence-electron chi connectivity index (χ3n) is 4.19. The van der Waals surface area contributed by atoms with Crippen molar-refractivity contribution in [2.24, 2.45) is 5.92 Å². The molecule has 0 saturated heterocycles. The molecule has 114 valence electrons. The number of hydrogen-bond acceptors (Lipinski definition) is 2. The summed E-state index contributed by atoms with van der Waals surface area (Å²) < 4.78 is 1.96. The summed E-state index contributed by atoms with van der Waals surface area (Å²) in [7, 11) is 0. The Hall–Kier alpha value is -2.36. The highest BCUT2D eigenvalue weighted by Crippen LogP contribution is 2.21. The van der Waals surface area contributed by atoms with E-state index < -0.39 is 0 Å². The van der Waals surface area contributed by atoms with E-state index in [1.165, 1.54) is 0 Å². The third-order valence-corrected chi connectivity index (χ3v) is 4.19. The summed E-state index contributed by atoms with van der Waals surface area (Å²) >= 11 is 0. The Morgan fingerprint density at radius 2 is 2.14 bits per heavy atom. The molecule has 1 heterocycles. The van der Waals surface area contributed by atoms with Gasteiger partial charge in [-0.2, -0.15) is 0 Å². The minimum atomic E-state index is 0.0234. The topological polar surface area (TPSA) is 46.9 Å². The van der Waals surface area contributed by atoms with E-state index in [9.17, 15) is 4.79 Å². The van der Waals surface area contributed by atoms with Crippen LogP contribution in [0.4, 0.5) is 0 Å². The zero-order valence-electron chi connectivity index (χ0n) is 12.8. The molecule has 0 saturated carbocycles. The first kappa shape index (κ1) is 14.6. The molecular weight excluding hydrogens is 274 g/mol.